The van der Waals surface area contributed by atoms with E-state index >= 15 is 0 Å². The van der Waals surface area contributed by atoms with Crippen LogP contribution in [0, 0.1) is 0 Å². The van der Waals surface area contributed by atoms with E-state index in [4.69, 9.17) is 4.74 Å². The lowest BCUT2D eigenvalue weighted by Gasteiger charge is -2.09. The van der Waals surface area contributed by atoms with Crippen molar-refractivity contribution in [2.75, 3.05) is 12.4 Å². The molecule has 4 heteroatoms. The van der Waals surface area contributed by atoms with E-state index in [0.717, 1.165) is 11.3 Å². The maximum Gasteiger partial charge on any atom is 0.221 e. The maximum atomic E-state index is 11.1. The molecule has 20 heavy (non-hydrogen) atoms. The number of anilines is 1. The van der Waals surface area contributed by atoms with E-state index < -0.39 is 0 Å². The molecule has 0 aliphatic rings. The third kappa shape index (κ3) is 3.68. The van der Waals surface area contributed by atoms with Gasteiger partial charge in [0.25, 0.3) is 0 Å². The first kappa shape index (κ1) is 13.8. The largest absolute Gasteiger partial charge is 0.494 e. The van der Waals surface area contributed by atoms with Crippen molar-refractivity contribution in [1.82, 2.24) is 0 Å². The lowest BCUT2D eigenvalue weighted by molar-refractivity contribution is -0.114. The van der Waals surface area contributed by atoms with Crippen molar-refractivity contribution in [3.05, 3.63) is 54.1 Å². The fraction of sp³-hybridized carbons (Fsp3) is 0.125. The number of aliphatic imine (C=N–C) groups is 1. The Balaban J connectivity index is 2.21. The molecule has 0 unspecified atom stereocenters. The lowest BCUT2D eigenvalue weighted by Crippen LogP contribution is -2.06. The number of nitrogens with one attached hydrogen (secondary N) is 1. The molecule has 0 radical (unpaired) electrons. The zero-order valence-electron chi connectivity index (χ0n) is 11.5. The first-order valence-electron chi connectivity index (χ1n) is 6.24. The molecule has 0 spiro atoms. The second kappa shape index (κ2) is 6.52. The Labute approximate surface area is 118 Å². The minimum Gasteiger partial charge on any atom is -0.494 e. The van der Waals surface area contributed by atoms with Gasteiger partial charge in [0.05, 0.1) is 18.5 Å². The standard InChI is InChI=1S/C16H16N2O2/c1-12(19)18-15-9-8-14(10-16(15)20-2)17-11-13-6-4-3-5-7-13/h3-11H,1-2H3,(H,18,19). The Bertz CT molecular complexity index is 622. The van der Waals surface area contributed by atoms with Gasteiger partial charge in [-0.15, -0.1) is 0 Å². The number of rotatable bonds is 4. The van der Waals surface area contributed by atoms with Gasteiger partial charge in [-0.2, -0.15) is 0 Å². The average molecular weight is 268 g/mol. The molecule has 4 nitrogen and oxygen atoms in total. The van der Waals surface area contributed by atoms with Crippen LogP contribution in [0.25, 0.3) is 0 Å². The van der Waals surface area contributed by atoms with Crippen LogP contribution in [-0.4, -0.2) is 19.2 Å². The molecule has 2 aromatic carbocycles. The normalized spacial score (nSPS) is 10.5. The fourth-order valence-electron chi connectivity index (χ4n) is 1.74. The van der Waals surface area contributed by atoms with Crippen LogP contribution in [-0.2, 0) is 4.79 Å². The van der Waals surface area contributed by atoms with Crippen LogP contribution in [0.5, 0.6) is 5.75 Å². The van der Waals surface area contributed by atoms with E-state index in [2.05, 4.69) is 10.3 Å². The van der Waals surface area contributed by atoms with Crippen LogP contribution in [0.15, 0.2) is 53.5 Å². The number of carbonyl (C=O) groups excluding carboxylic acids is 1. The summed E-state index contributed by atoms with van der Waals surface area (Å²) in [7, 11) is 1.56. The number of amides is 1. The molecule has 0 heterocycles. The summed E-state index contributed by atoms with van der Waals surface area (Å²) in [5, 5.41) is 2.71. The predicted octanol–water partition coefficient (Wildman–Crippen LogP) is 3.40. The molecular weight excluding hydrogens is 252 g/mol. The maximum absolute atomic E-state index is 11.1. The number of nitrogens with zero attached hydrogens (tertiary/aromatic N) is 1. The van der Waals surface area contributed by atoms with Crippen LogP contribution >= 0.6 is 0 Å². The van der Waals surface area contributed by atoms with Crippen LogP contribution < -0.4 is 10.1 Å². The molecule has 2 aromatic rings. The minimum atomic E-state index is -0.135. The Kier molecular flexibility index (Phi) is 4.50. The average Bonchev–Trinajstić information content (AvgIpc) is 2.46. The lowest BCUT2D eigenvalue weighted by atomic mass is 10.2. The third-order valence-electron chi connectivity index (χ3n) is 2.66. The Hall–Kier alpha value is -2.62. The van der Waals surface area contributed by atoms with Crippen molar-refractivity contribution >= 4 is 23.5 Å². The zero-order valence-corrected chi connectivity index (χ0v) is 11.5. The molecule has 102 valence electrons. The van der Waals surface area contributed by atoms with E-state index in [1.165, 1.54) is 6.92 Å². The van der Waals surface area contributed by atoms with Crippen molar-refractivity contribution in [1.29, 1.82) is 0 Å². The summed E-state index contributed by atoms with van der Waals surface area (Å²) in [5.74, 6) is 0.451. The Morgan fingerprint density at radius 3 is 2.60 bits per heavy atom. The molecule has 0 saturated carbocycles. The summed E-state index contributed by atoms with van der Waals surface area (Å²) in [4.78, 5) is 15.5. The number of benzene rings is 2. The molecule has 1 N–H and O–H groups in total. The topological polar surface area (TPSA) is 50.7 Å². The minimum absolute atomic E-state index is 0.135. The molecule has 1 amide bonds. The van der Waals surface area contributed by atoms with Gasteiger partial charge in [-0.1, -0.05) is 30.3 Å². The van der Waals surface area contributed by atoms with Crippen molar-refractivity contribution in [2.24, 2.45) is 4.99 Å². The van der Waals surface area contributed by atoms with Crippen LogP contribution in [0.2, 0.25) is 0 Å². The zero-order chi connectivity index (χ0) is 14.4. The molecule has 0 bridgehead atoms. The third-order valence-corrected chi connectivity index (χ3v) is 2.66. The van der Waals surface area contributed by atoms with Crippen molar-refractivity contribution < 1.29 is 9.53 Å². The molecule has 0 aromatic heterocycles. The summed E-state index contributed by atoms with van der Waals surface area (Å²) in [6.45, 7) is 1.46. The first-order valence-corrected chi connectivity index (χ1v) is 6.24. The highest BCUT2D eigenvalue weighted by molar-refractivity contribution is 5.91. The summed E-state index contributed by atoms with van der Waals surface area (Å²) in [6, 6.07) is 15.2. The highest BCUT2D eigenvalue weighted by Crippen LogP contribution is 2.29. The second-order valence-electron chi connectivity index (χ2n) is 4.23. The number of hydrogen-bond acceptors (Lipinski definition) is 3. The second-order valence-corrected chi connectivity index (χ2v) is 4.23. The summed E-state index contributed by atoms with van der Waals surface area (Å²) >= 11 is 0. The van der Waals surface area contributed by atoms with Gasteiger partial charge < -0.3 is 10.1 Å². The molecule has 0 fully saturated rings. The van der Waals surface area contributed by atoms with Crippen LogP contribution in [0.4, 0.5) is 11.4 Å². The molecular formula is C16H16N2O2. The number of carbonyl (C=O) groups is 1. The summed E-state index contributed by atoms with van der Waals surface area (Å²) in [6.07, 6.45) is 1.78. The van der Waals surface area contributed by atoms with Crippen molar-refractivity contribution in [3.8, 4) is 5.75 Å². The van der Waals surface area contributed by atoms with Gasteiger partial charge >= 0.3 is 0 Å². The molecule has 0 atom stereocenters. The van der Waals surface area contributed by atoms with Gasteiger partial charge in [0, 0.05) is 19.2 Å². The van der Waals surface area contributed by atoms with E-state index in [0.29, 0.717) is 11.4 Å². The molecule has 2 rings (SSSR count). The quantitative estimate of drug-likeness (QED) is 0.864. The Morgan fingerprint density at radius 2 is 1.95 bits per heavy atom. The van der Waals surface area contributed by atoms with Crippen molar-refractivity contribution in [3.63, 3.8) is 0 Å². The molecule has 0 saturated heterocycles. The van der Waals surface area contributed by atoms with Crippen LogP contribution in [0.3, 0.4) is 0 Å². The van der Waals surface area contributed by atoms with Gasteiger partial charge in [0.1, 0.15) is 5.75 Å². The van der Waals surface area contributed by atoms with E-state index in [9.17, 15) is 4.79 Å². The number of hydrogen-bond donors (Lipinski definition) is 1. The summed E-state index contributed by atoms with van der Waals surface area (Å²) < 4.78 is 5.25. The highest BCUT2D eigenvalue weighted by Gasteiger charge is 2.05. The fourth-order valence-corrected chi connectivity index (χ4v) is 1.74. The van der Waals surface area contributed by atoms with E-state index in [-0.39, 0.29) is 5.91 Å². The first-order chi connectivity index (χ1) is 9.69. The predicted molar refractivity (Wildman–Crippen MR) is 81.0 cm³/mol. The van der Waals surface area contributed by atoms with Gasteiger partial charge in [-0.25, -0.2) is 0 Å². The highest BCUT2D eigenvalue weighted by atomic mass is 16.5. The molecule has 0 aliphatic carbocycles. The van der Waals surface area contributed by atoms with Crippen molar-refractivity contribution in [2.45, 2.75) is 6.92 Å². The van der Waals surface area contributed by atoms with Gasteiger partial charge in [-0.05, 0) is 17.7 Å². The number of ether oxygens (including phenoxy) is 1. The van der Waals surface area contributed by atoms with E-state index in [1.54, 1.807) is 25.5 Å². The van der Waals surface area contributed by atoms with Gasteiger partial charge in [0.2, 0.25) is 5.91 Å². The van der Waals surface area contributed by atoms with E-state index in [1.807, 2.05) is 36.4 Å². The summed E-state index contributed by atoms with van der Waals surface area (Å²) in [5.41, 5.74) is 2.43. The smallest absolute Gasteiger partial charge is 0.221 e. The SMILES string of the molecule is COc1cc(N=Cc2ccccc2)ccc1NC(C)=O. The molecule has 0 aliphatic heterocycles. The Morgan fingerprint density at radius 1 is 1.20 bits per heavy atom. The monoisotopic (exact) mass is 268 g/mol. The van der Waals surface area contributed by atoms with Gasteiger partial charge in [-0.3, -0.25) is 9.79 Å². The van der Waals surface area contributed by atoms with Crippen LogP contribution in [0.1, 0.15) is 12.5 Å². The number of methoxy groups -OCH3 is 1. The van der Waals surface area contributed by atoms with Gasteiger partial charge in [0.15, 0.2) is 0 Å².